The Hall–Kier alpha value is -1.81. The van der Waals surface area contributed by atoms with Crippen molar-refractivity contribution in [2.45, 2.75) is 13.8 Å². The number of rotatable bonds is 3. The Labute approximate surface area is 110 Å². The number of carbonyl (C=O) groups excluding carboxylic acids is 1. The van der Waals surface area contributed by atoms with Crippen LogP contribution in [0.15, 0.2) is 30.3 Å². The number of halogens is 1. The fraction of sp³-hybridized carbons (Fsp3) is 0.231. The number of hydrogen-bond acceptors (Lipinski definition) is 3. The van der Waals surface area contributed by atoms with Gasteiger partial charge in [-0.1, -0.05) is 23.7 Å². The highest BCUT2D eigenvalue weighted by Crippen LogP contribution is 2.21. The molecule has 0 spiro atoms. The second kappa shape index (κ2) is 5.23. The minimum absolute atomic E-state index is 0.325. The molecule has 2 aromatic rings. The predicted octanol–water partition coefficient (Wildman–Crippen LogP) is 3.01. The standard InChI is InChI=1S/C13H13ClN2O2/c1-3-18-13(17)12-8-9(2)15-16(12)11-7-5-4-6-10(11)14/h4-8H,3H2,1-2H3. The highest BCUT2D eigenvalue weighted by atomic mass is 35.5. The third-order valence-corrected chi connectivity index (χ3v) is 2.72. The summed E-state index contributed by atoms with van der Waals surface area (Å²) >= 11 is 6.11. The minimum Gasteiger partial charge on any atom is -0.461 e. The average Bonchev–Trinajstić information content (AvgIpc) is 2.72. The molecule has 0 saturated carbocycles. The summed E-state index contributed by atoms with van der Waals surface area (Å²) in [7, 11) is 0. The number of para-hydroxylation sites is 1. The number of ether oxygens (including phenoxy) is 1. The molecular weight excluding hydrogens is 252 g/mol. The number of carbonyl (C=O) groups is 1. The van der Waals surface area contributed by atoms with E-state index in [1.807, 2.05) is 19.1 Å². The molecule has 1 aromatic carbocycles. The van der Waals surface area contributed by atoms with Crippen LogP contribution in [-0.2, 0) is 4.74 Å². The molecule has 18 heavy (non-hydrogen) atoms. The Morgan fingerprint density at radius 3 is 2.83 bits per heavy atom. The zero-order valence-corrected chi connectivity index (χ0v) is 10.9. The SMILES string of the molecule is CCOC(=O)c1cc(C)nn1-c1ccccc1Cl. The van der Waals surface area contributed by atoms with Gasteiger partial charge in [-0.3, -0.25) is 0 Å². The molecule has 0 bridgehead atoms. The first-order valence-electron chi connectivity index (χ1n) is 5.62. The fourth-order valence-electron chi connectivity index (χ4n) is 1.66. The summed E-state index contributed by atoms with van der Waals surface area (Å²) in [6.45, 7) is 3.91. The van der Waals surface area contributed by atoms with E-state index in [0.29, 0.717) is 23.0 Å². The van der Waals surface area contributed by atoms with Gasteiger partial charge in [-0.15, -0.1) is 0 Å². The summed E-state index contributed by atoms with van der Waals surface area (Å²) in [5.74, 6) is -0.405. The van der Waals surface area contributed by atoms with Crippen molar-refractivity contribution in [3.63, 3.8) is 0 Å². The fourth-order valence-corrected chi connectivity index (χ4v) is 1.87. The Bertz CT molecular complexity index is 578. The molecular formula is C13H13ClN2O2. The Kier molecular flexibility index (Phi) is 3.67. The number of nitrogens with zero attached hydrogens (tertiary/aromatic N) is 2. The van der Waals surface area contributed by atoms with Gasteiger partial charge in [-0.2, -0.15) is 5.10 Å². The third-order valence-electron chi connectivity index (χ3n) is 2.40. The second-order valence-corrected chi connectivity index (χ2v) is 4.16. The molecule has 1 heterocycles. The molecule has 0 unspecified atom stereocenters. The van der Waals surface area contributed by atoms with E-state index in [0.717, 1.165) is 5.69 Å². The van der Waals surface area contributed by atoms with Crippen molar-refractivity contribution in [2.75, 3.05) is 6.61 Å². The Balaban J connectivity index is 2.51. The molecule has 0 aliphatic rings. The van der Waals surface area contributed by atoms with E-state index < -0.39 is 5.97 Å². The van der Waals surface area contributed by atoms with E-state index in [1.165, 1.54) is 4.68 Å². The summed E-state index contributed by atoms with van der Waals surface area (Å²) in [6, 6.07) is 8.90. The quantitative estimate of drug-likeness (QED) is 0.801. The predicted molar refractivity (Wildman–Crippen MR) is 69.3 cm³/mol. The molecule has 0 saturated heterocycles. The number of aromatic nitrogens is 2. The van der Waals surface area contributed by atoms with Crippen LogP contribution < -0.4 is 0 Å². The van der Waals surface area contributed by atoms with Crippen LogP contribution in [0.25, 0.3) is 5.69 Å². The summed E-state index contributed by atoms with van der Waals surface area (Å²) < 4.78 is 6.51. The van der Waals surface area contributed by atoms with Gasteiger partial charge in [-0.05, 0) is 32.0 Å². The van der Waals surface area contributed by atoms with Gasteiger partial charge in [0.15, 0.2) is 5.69 Å². The third kappa shape index (κ3) is 2.38. The maximum atomic E-state index is 11.8. The van der Waals surface area contributed by atoms with Gasteiger partial charge in [0, 0.05) is 0 Å². The van der Waals surface area contributed by atoms with E-state index in [4.69, 9.17) is 16.3 Å². The van der Waals surface area contributed by atoms with Gasteiger partial charge in [-0.25, -0.2) is 9.48 Å². The maximum Gasteiger partial charge on any atom is 0.357 e. The number of esters is 1. The van der Waals surface area contributed by atoms with Gasteiger partial charge in [0.2, 0.25) is 0 Å². The van der Waals surface area contributed by atoms with Gasteiger partial charge in [0.05, 0.1) is 23.0 Å². The van der Waals surface area contributed by atoms with Crippen molar-refractivity contribution in [3.8, 4) is 5.69 Å². The van der Waals surface area contributed by atoms with Crippen LogP contribution >= 0.6 is 11.6 Å². The number of hydrogen-bond donors (Lipinski definition) is 0. The molecule has 0 fully saturated rings. The van der Waals surface area contributed by atoms with Gasteiger partial charge in [0.1, 0.15) is 0 Å². The molecule has 2 rings (SSSR count). The highest BCUT2D eigenvalue weighted by molar-refractivity contribution is 6.32. The van der Waals surface area contributed by atoms with Crippen LogP contribution in [0.5, 0.6) is 0 Å². The van der Waals surface area contributed by atoms with Crippen molar-refractivity contribution < 1.29 is 9.53 Å². The summed E-state index contributed by atoms with van der Waals surface area (Å²) in [5, 5.41) is 4.81. The smallest absolute Gasteiger partial charge is 0.357 e. The first kappa shape index (κ1) is 12.6. The topological polar surface area (TPSA) is 44.1 Å². The van der Waals surface area contributed by atoms with Crippen molar-refractivity contribution in [2.24, 2.45) is 0 Å². The van der Waals surface area contributed by atoms with E-state index >= 15 is 0 Å². The van der Waals surface area contributed by atoms with Gasteiger partial charge in [0.25, 0.3) is 0 Å². The first-order valence-corrected chi connectivity index (χ1v) is 6.00. The monoisotopic (exact) mass is 264 g/mol. The summed E-state index contributed by atoms with van der Waals surface area (Å²) in [4.78, 5) is 11.8. The van der Waals surface area contributed by atoms with Crippen molar-refractivity contribution in [3.05, 3.63) is 46.7 Å². The summed E-state index contributed by atoms with van der Waals surface area (Å²) in [5.41, 5.74) is 1.77. The average molecular weight is 265 g/mol. The first-order chi connectivity index (χ1) is 8.63. The zero-order valence-electron chi connectivity index (χ0n) is 10.2. The van der Waals surface area contributed by atoms with Crippen LogP contribution in [0.4, 0.5) is 0 Å². The van der Waals surface area contributed by atoms with Crippen LogP contribution in [0.1, 0.15) is 23.1 Å². The van der Waals surface area contributed by atoms with E-state index in [1.54, 1.807) is 25.1 Å². The van der Waals surface area contributed by atoms with Crippen LogP contribution in [0, 0.1) is 6.92 Å². The number of benzene rings is 1. The maximum absolute atomic E-state index is 11.8. The largest absolute Gasteiger partial charge is 0.461 e. The van der Waals surface area contributed by atoms with Crippen molar-refractivity contribution in [1.29, 1.82) is 0 Å². The van der Waals surface area contributed by atoms with E-state index in [9.17, 15) is 4.79 Å². The molecule has 0 aliphatic heterocycles. The van der Waals surface area contributed by atoms with Crippen LogP contribution in [0.2, 0.25) is 5.02 Å². The van der Waals surface area contributed by atoms with Crippen molar-refractivity contribution in [1.82, 2.24) is 9.78 Å². The second-order valence-electron chi connectivity index (χ2n) is 3.75. The normalized spacial score (nSPS) is 10.4. The lowest BCUT2D eigenvalue weighted by molar-refractivity contribution is 0.0516. The zero-order chi connectivity index (χ0) is 13.1. The molecule has 0 radical (unpaired) electrons. The lowest BCUT2D eigenvalue weighted by Gasteiger charge is -2.08. The lowest BCUT2D eigenvalue weighted by Crippen LogP contribution is -2.12. The molecule has 5 heteroatoms. The van der Waals surface area contributed by atoms with Crippen LogP contribution in [0.3, 0.4) is 0 Å². The molecule has 4 nitrogen and oxygen atoms in total. The van der Waals surface area contributed by atoms with Crippen LogP contribution in [-0.4, -0.2) is 22.4 Å². The summed E-state index contributed by atoms with van der Waals surface area (Å²) in [6.07, 6.45) is 0. The molecule has 1 aromatic heterocycles. The van der Waals surface area contributed by atoms with Crippen molar-refractivity contribution >= 4 is 17.6 Å². The molecule has 0 amide bonds. The highest BCUT2D eigenvalue weighted by Gasteiger charge is 2.17. The molecule has 0 N–H and O–H groups in total. The Morgan fingerprint density at radius 2 is 2.17 bits per heavy atom. The van der Waals surface area contributed by atoms with Gasteiger partial charge >= 0.3 is 5.97 Å². The van der Waals surface area contributed by atoms with Gasteiger partial charge < -0.3 is 4.74 Å². The lowest BCUT2D eigenvalue weighted by atomic mass is 10.3. The number of aryl methyl sites for hydroxylation is 1. The van der Waals surface area contributed by atoms with E-state index in [-0.39, 0.29) is 0 Å². The van der Waals surface area contributed by atoms with E-state index in [2.05, 4.69) is 5.10 Å². The molecule has 0 atom stereocenters. The molecule has 94 valence electrons. The Morgan fingerprint density at radius 1 is 1.44 bits per heavy atom. The molecule has 0 aliphatic carbocycles. The minimum atomic E-state index is -0.405.